The Balaban J connectivity index is 1.59. The van der Waals surface area contributed by atoms with Gasteiger partial charge in [-0.25, -0.2) is 4.79 Å². The Kier molecular flexibility index (Phi) is 5.43. The lowest BCUT2D eigenvalue weighted by molar-refractivity contribution is -0.160. The second-order valence-corrected chi connectivity index (χ2v) is 6.83. The van der Waals surface area contributed by atoms with Crippen molar-refractivity contribution in [2.45, 2.75) is 32.4 Å². The molecule has 0 bridgehead atoms. The minimum atomic E-state index is -1.07. The third-order valence-electron chi connectivity index (χ3n) is 5.00. The molecule has 1 aromatic carbocycles. The monoisotopic (exact) mass is 373 g/mol. The summed E-state index contributed by atoms with van der Waals surface area (Å²) in [6.45, 7) is 4.24. The lowest BCUT2D eigenvalue weighted by atomic mass is 10.1. The van der Waals surface area contributed by atoms with Crippen LogP contribution in [0.3, 0.4) is 0 Å². The predicted octanol–water partition coefficient (Wildman–Crippen LogP) is 1.08. The van der Waals surface area contributed by atoms with Gasteiger partial charge in [0.25, 0.3) is 5.91 Å². The number of imide groups is 1. The molecule has 2 saturated heterocycles. The number of urea groups is 1. The molecule has 0 unspecified atom stereocenters. The number of hydrogen-bond acceptors (Lipinski definition) is 5. The molecule has 4 amide bonds. The van der Waals surface area contributed by atoms with E-state index < -0.39 is 29.9 Å². The maximum absolute atomic E-state index is 12.4. The van der Waals surface area contributed by atoms with Gasteiger partial charge in [-0.2, -0.15) is 0 Å². The first-order chi connectivity index (χ1) is 12.9. The minimum absolute atomic E-state index is 0.0567. The lowest BCUT2D eigenvalue weighted by Gasteiger charge is -2.25. The number of likely N-dealkylation sites (tertiary alicyclic amines) is 1. The van der Waals surface area contributed by atoms with Gasteiger partial charge in [-0.1, -0.05) is 30.3 Å². The van der Waals surface area contributed by atoms with Crippen molar-refractivity contribution in [3.63, 3.8) is 0 Å². The van der Waals surface area contributed by atoms with E-state index in [4.69, 9.17) is 4.74 Å². The molecule has 27 heavy (non-hydrogen) atoms. The number of carbonyl (C=O) groups is 4. The van der Waals surface area contributed by atoms with Crippen LogP contribution in [0.15, 0.2) is 30.3 Å². The van der Waals surface area contributed by atoms with Gasteiger partial charge in [-0.3, -0.25) is 19.3 Å². The zero-order valence-electron chi connectivity index (χ0n) is 15.4. The third kappa shape index (κ3) is 3.94. The second kappa shape index (κ2) is 7.77. The summed E-state index contributed by atoms with van der Waals surface area (Å²) in [5.41, 5.74) is 0.989. The Morgan fingerprint density at radius 2 is 1.89 bits per heavy atom. The highest BCUT2D eigenvalue weighted by Crippen LogP contribution is 2.29. The zero-order chi connectivity index (χ0) is 19.6. The Labute approximate surface area is 157 Å². The number of esters is 1. The van der Waals surface area contributed by atoms with E-state index in [0.29, 0.717) is 6.54 Å². The van der Waals surface area contributed by atoms with E-state index >= 15 is 0 Å². The molecule has 1 N–H and O–H groups in total. The fraction of sp³-hybridized carbons (Fsp3) is 0.474. The third-order valence-corrected chi connectivity index (χ3v) is 5.00. The number of nitrogens with zero attached hydrogens (tertiary/aromatic N) is 2. The fourth-order valence-corrected chi connectivity index (χ4v) is 3.40. The summed E-state index contributed by atoms with van der Waals surface area (Å²) in [6, 6.07) is 8.95. The maximum atomic E-state index is 12.4. The Morgan fingerprint density at radius 3 is 2.52 bits per heavy atom. The number of hydrogen-bond donors (Lipinski definition) is 1. The molecule has 0 spiro atoms. The van der Waals surface area contributed by atoms with Crippen LogP contribution < -0.4 is 5.32 Å². The molecule has 144 valence electrons. The number of carbonyl (C=O) groups excluding carboxylic acids is 4. The normalized spacial score (nSPS) is 21.8. The summed E-state index contributed by atoms with van der Waals surface area (Å²) in [5, 5.41) is 2.53. The first-order valence-electron chi connectivity index (χ1n) is 9.02. The van der Waals surface area contributed by atoms with Gasteiger partial charge in [0.05, 0.1) is 12.0 Å². The summed E-state index contributed by atoms with van der Waals surface area (Å²) < 4.78 is 5.25. The SMILES string of the molecule is C[C@H](OC(=O)[C@@H]1CC(=O)N([C@@H](C)c2ccccc2)C1)C(=O)N1CCNC1=O. The molecule has 0 aromatic heterocycles. The molecule has 1 aromatic rings. The van der Waals surface area contributed by atoms with Crippen LogP contribution >= 0.6 is 0 Å². The molecule has 0 radical (unpaired) electrons. The quantitative estimate of drug-likeness (QED) is 0.779. The van der Waals surface area contributed by atoms with Crippen molar-refractivity contribution in [2.24, 2.45) is 5.92 Å². The van der Waals surface area contributed by atoms with Gasteiger partial charge in [0.1, 0.15) is 0 Å². The van der Waals surface area contributed by atoms with Gasteiger partial charge in [0.15, 0.2) is 6.10 Å². The van der Waals surface area contributed by atoms with E-state index in [0.717, 1.165) is 10.5 Å². The molecule has 0 aliphatic carbocycles. The van der Waals surface area contributed by atoms with Crippen molar-refractivity contribution < 1.29 is 23.9 Å². The Bertz CT molecular complexity index is 751. The van der Waals surface area contributed by atoms with Gasteiger partial charge in [0.2, 0.25) is 5.91 Å². The minimum Gasteiger partial charge on any atom is -0.452 e. The van der Waals surface area contributed by atoms with Gasteiger partial charge in [0, 0.05) is 26.1 Å². The molecule has 8 heteroatoms. The fourth-order valence-electron chi connectivity index (χ4n) is 3.40. The molecule has 2 fully saturated rings. The maximum Gasteiger partial charge on any atom is 0.324 e. The van der Waals surface area contributed by atoms with Crippen molar-refractivity contribution in [3.8, 4) is 0 Å². The van der Waals surface area contributed by atoms with E-state index in [9.17, 15) is 19.2 Å². The molecule has 2 heterocycles. The highest BCUT2D eigenvalue weighted by Gasteiger charge is 2.40. The van der Waals surface area contributed by atoms with Gasteiger partial charge < -0.3 is 15.0 Å². The summed E-state index contributed by atoms with van der Waals surface area (Å²) in [5.74, 6) is -1.89. The average molecular weight is 373 g/mol. The summed E-state index contributed by atoms with van der Waals surface area (Å²) in [7, 11) is 0. The predicted molar refractivity (Wildman–Crippen MR) is 95.3 cm³/mol. The zero-order valence-corrected chi connectivity index (χ0v) is 15.4. The molecular weight excluding hydrogens is 350 g/mol. The number of rotatable bonds is 5. The Morgan fingerprint density at radius 1 is 1.19 bits per heavy atom. The van der Waals surface area contributed by atoms with Crippen LogP contribution in [-0.2, 0) is 19.1 Å². The van der Waals surface area contributed by atoms with Crippen LogP contribution in [0.4, 0.5) is 4.79 Å². The summed E-state index contributed by atoms with van der Waals surface area (Å²) in [4.78, 5) is 51.3. The van der Waals surface area contributed by atoms with Gasteiger partial charge in [-0.05, 0) is 19.4 Å². The van der Waals surface area contributed by atoms with Crippen molar-refractivity contribution in [1.82, 2.24) is 15.1 Å². The molecular formula is C19H23N3O5. The van der Waals surface area contributed by atoms with Crippen molar-refractivity contribution in [1.29, 1.82) is 0 Å². The first kappa shape index (κ1) is 18.9. The average Bonchev–Trinajstić information content (AvgIpc) is 3.26. The first-order valence-corrected chi connectivity index (χ1v) is 9.02. The molecule has 2 aliphatic heterocycles. The van der Waals surface area contributed by atoms with E-state index in [-0.39, 0.29) is 31.5 Å². The molecule has 2 aliphatic rings. The van der Waals surface area contributed by atoms with Crippen molar-refractivity contribution in [2.75, 3.05) is 19.6 Å². The number of amides is 4. The van der Waals surface area contributed by atoms with Crippen molar-refractivity contribution in [3.05, 3.63) is 35.9 Å². The Hall–Kier alpha value is -2.90. The van der Waals surface area contributed by atoms with Gasteiger partial charge >= 0.3 is 12.0 Å². The molecule has 3 rings (SSSR count). The number of benzene rings is 1. The van der Waals surface area contributed by atoms with Crippen LogP contribution in [0.25, 0.3) is 0 Å². The topological polar surface area (TPSA) is 96.0 Å². The number of ether oxygens (including phenoxy) is 1. The van der Waals surface area contributed by atoms with E-state index in [1.807, 2.05) is 37.3 Å². The van der Waals surface area contributed by atoms with E-state index in [1.54, 1.807) is 4.90 Å². The van der Waals surface area contributed by atoms with Crippen LogP contribution in [0.5, 0.6) is 0 Å². The van der Waals surface area contributed by atoms with E-state index in [2.05, 4.69) is 5.32 Å². The van der Waals surface area contributed by atoms with Crippen LogP contribution in [-0.4, -0.2) is 59.4 Å². The smallest absolute Gasteiger partial charge is 0.324 e. The largest absolute Gasteiger partial charge is 0.452 e. The number of nitrogens with one attached hydrogen (secondary N) is 1. The molecule has 8 nitrogen and oxygen atoms in total. The van der Waals surface area contributed by atoms with E-state index in [1.165, 1.54) is 6.92 Å². The molecule has 3 atom stereocenters. The van der Waals surface area contributed by atoms with Gasteiger partial charge in [-0.15, -0.1) is 0 Å². The van der Waals surface area contributed by atoms with Crippen molar-refractivity contribution >= 4 is 23.8 Å². The summed E-state index contributed by atoms with van der Waals surface area (Å²) >= 11 is 0. The lowest BCUT2D eigenvalue weighted by Crippen LogP contribution is -2.42. The van der Waals surface area contributed by atoms with Crippen LogP contribution in [0.2, 0.25) is 0 Å². The van der Waals surface area contributed by atoms with Crippen LogP contribution in [0.1, 0.15) is 31.9 Å². The highest BCUT2D eigenvalue weighted by molar-refractivity contribution is 5.98. The second-order valence-electron chi connectivity index (χ2n) is 6.83. The van der Waals surface area contributed by atoms with Crippen LogP contribution in [0, 0.1) is 5.92 Å². The molecule has 0 saturated carbocycles. The summed E-state index contributed by atoms with van der Waals surface area (Å²) in [6.07, 6.45) is -1.02. The highest BCUT2D eigenvalue weighted by atomic mass is 16.5. The standard InChI is InChI=1S/C19H23N3O5/c1-12(14-6-4-3-5-7-14)22-11-15(10-16(22)23)18(25)27-13(2)17(24)21-9-8-20-19(21)26/h3-7,12-13,15H,8-11H2,1-2H3,(H,20,26)/t12-,13-,15+/m0/s1.